The molecule has 0 aliphatic carbocycles. The monoisotopic (exact) mass is 280 g/mol. The average molecular weight is 280 g/mol. The smallest absolute Gasteiger partial charge is 0.168 e. The molecule has 2 aromatic rings. The first-order chi connectivity index (χ1) is 9.91. The zero-order valence-electron chi connectivity index (χ0n) is 13.4. The first-order valence-corrected chi connectivity index (χ1v) is 7.66. The summed E-state index contributed by atoms with van der Waals surface area (Å²) in [5.41, 5.74) is 4.19. The molecule has 0 amide bonds. The Balaban J connectivity index is 2.21. The molecule has 21 heavy (non-hydrogen) atoms. The fourth-order valence-corrected chi connectivity index (χ4v) is 2.40. The van der Waals surface area contributed by atoms with Gasteiger partial charge in [-0.1, -0.05) is 82.6 Å². The van der Waals surface area contributed by atoms with Crippen LogP contribution in [0.1, 0.15) is 50.0 Å². The molecule has 0 radical (unpaired) electrons. The molecule has 0 aliphatic heterocycles. The van der Waals surface area contributed by atoms with Crippen LogP contribution in [0.25, 0.3) is 11.1 Å². The summed E-state index contributed by atoms with van der Waals surface area (Å²) in [6.45, 7) is 8.06. The molecule has 0 saturated heterocycles. The van der Waals surface area contributed by atoms with E-state index in [1.165, 1.54) is 17.5 Å². The Morgan fingerprint density at radius 1 is 0.857 bits per heavy atom. The largest absolute Gasteiger partial charge is 0.294 e. The van der Waals surface area contributed by atoms with Crippen molar-refractivity contribution in [1.82, 2.24) is 0 Å². The fraction of sp³-hybridized carbons (Fsp3) is 0.350. The third-order valence-electron chi connectivity index (χ3n) is 3.65. The van der Waals surface area contributed by atoms with Crippen LogP contribution in [0, 0.1) is 5.41 Å². The second kappa shape index (κ2) is 6.26. The number of carbonyl (C=O) groups is 1. The van der Waals surface area contributed by atoms with Crippen molar-refractivity contribution in [2.24, 2.45) is 5.41 Å². The number of Topliss-reactive ketones (excluding diaryl/α,β-unsaturated/α-hetero) is 1. The number of ketones is 1. The van der Waals surface area contributed by atoms with Crippen LogP contribution < -0.4 is 0 Å². The van der Waals surface area contributed by atoms with Crippen molar-refractivity contribution in [1.29, 1.82) is 0 Å². The van der Waals surface area contributed by atoms with Gasteiger partial charge in [-0.25, -0.2) is 0 Å². The van der Waals surface area contributed by atoms with Gasteiger partial charge in [-0.05, 0) is 23.1 Å². The number of rotatable bonds is 4. The van der Waals surface area contributed by atoms with Gasteiger partial charge >= 0.3 is 0 Å². The Bertz CT molecular complexity index is 598. The van der Waals surface area contributed by atoms with Crippen molar-refractivity contribution in [3.8, 4) is 11.1 Å². The Morgan fingerprint density at radius 3 is 1.76 bits per heavy atom. The van der Waals surface area contributed by atoms with Crippen molar-refractivity contribution >= 4 is 5.78 Å². The van der Waals surface area contributed by atoms with Crippen LogP contribution >= 0.6 is 0 Å². The van der Waals surface area contributed by atoms with Crippen molar-refractivity contribution in [3.05, 3.63) is 59.7 Å². The van der Waals surface area contributed by atoms with Crippen molar-refractivity contribution < 1.29 is 4.79 Å². The minimum absolute atomic E-state index is 0.187. The van der Waals surface area contributed by atoms with E-state index in [0.717, 1.165) is 17.5 Å². The van der Waals surface area contributed by atoms with E-state index in [-0.39, 0.29) is 11.2 Å². The van der Waals surface area contributed by atoms with Gasteiger partial charge in [0.25, 0.3) is 0 Å². The molecule has 0 fully saturated rings. The van der Waals surface area contributed by atoms with Crippen LogP contribution in [-0.4, -0.2) is 5.78 Å². The van der Waals surface area contributed by atoms with Crippen molar-refractivity contribution in [2.75, 3.05) is 0 Å². The molecule has 0 unspecified atom stereocenters. The van der Waals surface area contributed by atoms with Gasteiger partial charge in [-0.15, -0.1) is 0 Å². The minimum atomic E-state index is -0.330. The lowest BCUT2D eigenvalue weighted by Crippen LogP contribution is -2.19. The highest BCUT2D eigenvalue weighted by atomic mass is 16.1. The van der Waals surface area contributed by atoms with Gasteiger partial charge in [-0.3, -0.25) is 4.79 Å². The standard InChI is InChI=1S/C20H24O/c1-5-6-15-7-9-16(10-8-15)17-11-13-18(14-12-17)19(21)20(2,3)4/h7-14H,5-6H2,1-4H3. The maximum atomic E-state index is 12.2. The van der Waals surface area contributed by atoms with Crippen LogP contribution in [0.2, 0.25) is 0 Å². The number of carbonyl (C=O) groups excluding carboxylic acids is 1. The van der Waals surface area contributed by atoms with Crippen LogP contribution in [-0.2, 0) is 6.42 Å². The van der Waals surface area contributed by atoms with Gasteiger partial charge < -0.3 is 0 Å². The second-order valence-electron chi connectivity index (χ2n) is 6.60. The summed E-state index contributed by atoms with van der Waals surface area (Å²) in [6, 6.07) is 16.6. The summed E-state index contributed by atoms with van der Waals surface area (Å²) in [5, 5.41) is 0. The maximum absolute atomic E-state index is 12.2. The normalized spacial score (nSPS) is 11.4. The summed E-state index contributed by atoms with van der Waals surface area (Å²) < 4.78 is 0. The summed E-state index contributed by atoms with van der Waals surface area (Å²) in [6.07, 6.45) is 2.29. The average Bonchev–Trinajstić information content (AvgIpc) is 2.47. The molecule has 2 rings (SSSR count). The molecular weight excluding hydrogens is 256 g/mol. The first-order valence-electron chi connectivity index (χ1n) is 7.66. The van der Waals surface area contributed by atoms with E-state index in [1.54, 1.807) is 0 Å². The van der Waals surface area contributed by atoms with E-state index in [4.69, 9.17) is 0 Å². The van der Waals surface area contributed by atoms with Crippen LogP contribution in [0.4, 0.5) is 0 Å². The summed E-state index contributed by atoms with van der Waals surface area (Å²) >= 11 is 0. The van der Waals surface area contributed by atoms with E-state index in [1.807, 2.05) is 45.0 Å². The van der Waals surface area contributed by atoms with Gasteiger partial charge in [0.15, 0.2) is 5.78 Å². The molecule has 0 N–H and O–H groups in total. The predicted molar refractivity (Wildman–Crippen MR) is 89.7 cm³/mol. The molecule has 1 heteroatoms. The number of hydrogen-bond acceptors (Lipinski definition) is 1. The third kappa shape index (κ3) is 3.81. The van der Waals surface area contributed by atoms with E-state index in [0.29, 0.717) is 0 Å². The molecule has 0 heterocycles. The van der Waals surface area contributed by atoms with Gasteiger partial charge in [0, 0.05) is 11.0 Å². The quantitative estimate of drug-likeness (QED) is 0.672. The number of aryl methyl sites for hydroxylation is 1. The molecule has 0 spiro atoms. The maximum Gasteiger partial charge on any atom is 0.168 e. The zero-order chi connectivity index (χ0) is 15.5. The molecule has 0 atom stereocenters. The highest BCUT2D eigenvalue weighted by Crippen LogP contribution is 2.24. The third-order valence-corrected chi connectivity index (χ3v) is 3.65. The lowest BCUT2D eigenvalue weighted by molar-refractivity contribution is 0.0858. The van der Waals surface area contributed by atoms with Crippen molar-refractivity contribution in [3.63, 3.8) is 0 Å². The highest BCUT2D eigenvalue weighted by molar-refractivity contribution is 6.00. The Kier molecular flexibility index (Phi) is 4.62. The lowest BCUT2D eigenvalue weighted by atomic mass is 9.86. The van der Waals surface area contributed by atoms with Gasteiger partial charge in [0.2, 0.25) is 0 Å². The van der Waals surface area contributed by atoms with E-state index < -0.39 is 0 Å². The van der Waals surface area contributed by atoms with Crippen LogP contribution in [0.15, 0.2) is 48.5 Å². The highest BCUT2D eigenvalue weighted by Gasteiger charge is 2.22. The first kappa shape index (κ1) is 15.5. The minimum Gasteiger partial charge on any atom is -0.294 e. The van der Waals surface area contributed by atoms with E-state index in [9.17, 15) is 4.79 Å². The van der Waals surface area contributed by atoms with Crippen LogP contribution in [0.3, 0.4) is 0 Å². The lowest BCUT2D eigenvalue weighted by Gasteiger charge is -2.16. The molecule has 0 aliphatic rings. The molecule has 110 valence electrons. The van der Waals surface area contributed by atoms with E-state index in [2.05, 4.69) is 31.2 Å². The Hall–Kier alpha value is -1.89. The van der Waals surface area contributed by atoms with Crippen molar-refractivity contribution in [2.45, 2.75) is 40.5 Å². The zero-order valence-corrected chi connectivity index (χ0v) is 13.4. The number of benzene rings is 2. The molecular formula is C20H24O. The van der Waals surface area contributed by atoms with E-state index >= 15 is 0 Å². The van der Waals surface area contributed by atoms with Crippen LogP contribution in [0.5, 0.6) is 0 Å². The van der Waals surface area contributed by atoms with Gasteiger partial charge in [0.1, 0.15) is 0 Å². The molecule has 0 aromatic heterocycles. The molecule has 1 nitrogen and oxygen atoms in total. The summed E-state index contributed by atoms with van der Waals surface area (Å²) in [5.74, 6) is 0.187. The summed E-state index contributed by atoms with van der Waals surface area (Å²) in [7, 11) is 0. The SMILES string of the molecule is CCCc1ccc(-c2ccc(C(=O)C(C)(C)C)cc2)cc1. The Labute approximate surface area is 128 Å². The summed E-state index contributed by atoms with van der Waals surface area (Å²) in [4.78, 5) is 12.2. The van der Waals surface area contributed by atoms with Gasteiger partial charge in [-0.2, -0.15) is 0 Å². The number of hydrogen-bond donors (Lipinski definition) is 0. The van der Waals surface area contributed by atoms with Gasteiger partial charge in [0.05, 0.1) is 0 Å². The molecule has 2 aromatic carbocycles. The predicted octanol–water partition coefficient (Wildman–Crippen LogP) is 5.53. The Morgan fingerprint density at radius 2 is 1.33 bits per heavy atom. The second-order valence-corrected chi connectivity index (χ2v) is 6.60. The molecule has 0 bridgehead atoms. The molecule has 0 saturated carbocycles. The topological polar surface area (TPSA) is 17.1 Å². The fourth-order valence-electron chi connectivity index (χ4n) is 2.40.